The van der Waals surface area contributed by atoms with Gasteiger partial charge in [0.1, 0.15) is 0 Å². The molecule has 4 fully saturated rings. The summed E-state index contributed by atoms with van der Waals surface area (Å²) in [5, 5.41) is 18.0. The molecule has 2 heterocycles. The Hall–Kier alpha value is -1.80. The number of ketones is 1. The van der Waals surface area contributed by atoms with Gasteiger partial charge in [-0.2, -0.15) is 16.4 Å². The van der Waals surface area contributed by atoms with Crippen molar-refractivity contribution < 1.29 is 24.3 Å². The highest BCUT2D eigenvalue weighted by Gasteiger charge is 2.78. The van der Waals surface area contributed by atoms with Gasteiger partial charge in [-0.25, -0.2) is 4.79 Å². The molecule has 188 valence electrons. The highest BCUT2D eigenvalue weighted by atomic mass is 32.1. The number of methoxy groups -OCH3 is 1. The van der Waals surface area contributed by atoms with Crippen LogP contribution in [-0.2, 0) is 25.7 Å². The molecule has 0 spiro atoms. The molecule has 0 bridgehead atoms. The van der Waals surface area contributed by atoms with Gasteiger partial charge in [-0.1, -0.05) is 32.4 Å². The maximum atomic E-state index is 13.6. The first-order chi connectivity index (χ1) is 16.6. The van der Waals surface area contributed by atoms with Gasteiger partial charge in [0, 0.05) is 35.3 Å². The number of hydrogen-bond acceptors (Lipinski definition) is 7. The van der Waals surface area contributed by atoms with Gasteiger partial charge in [0.2, 0.25) is 0 Å². The fraction of sp³-hybridized carbons (Fsp3) is 0.643. The molecule has 5 aliphatic rings. The largest absolute Gasteiger partial charge is 0.467 e. The number of allylic oxidation sites excluding steroid dienone is 4. The van der Waals surface area contributed by atoms with Crippen LogP contribution in [0.1, 0.15) is 52.0 Å². The third-order valence-electron chi connectivity index (χ3n) is 10.9. The van der Waals surface area contributed by atoms with Crippen LogP contribution in [0, 0.1) is 34.0 Å². The number of hydroxylamine groups is 2. The van der Waals surface area contributed by atoms with Gasteiger partial charge in [-0.05, 0) is 72.1 Å². The quantitative estimate of drug-likeness (QED) is 0.628. The second-order valence-corrected chi connectivity index (χ2v) is 12.8. The minimum atomic E-state index is -1.10. The number of thiophene rings is 1. The lowest BCUT2D eigenvalue weighted by molar-refractivity contribution is -0.272. The number of rotatable bonds is 3. The second-order valence-electron chi connectivity index (χ2n) is 12.0. The first-order valence-corrected chi connectivity index (χ1v) is 13.7. The summed E-state index contributed by atoms with van der Waals surface area (Å²) in [6.45, 7) is 7.85. The van der Waals surface area contributed by atoms with E-state index in [0.29, 0.717) is 19.5 Å². The molecule has 3 saturated carbocycles. The normalized spacial score (nSPS) is 46.4. The van der Waals surface area contributed by atoms with Crippen molar-refractivity contribution in [1.82, 2.24) is 5.06 Å². The number of aliphatic hydroxyl groups excluding tert-OH is 1. The van der Waals surface area contributed by atoms with Crippen LogP contribution < -0.4 is 0 Å². The molecular weight excluding hydrogens is 462 g/mol. The van der Waals surface area contributed by atoms with E-state index in [9.17, 15) is 14.7 Å². The summed E-state index contributed by atoms with van der Waals surface area (Å²) in [4.78, 5) is 32.4. The average molecular weight is 498 g/mol. The Bertz CT molecular complexity index is 1130. The van der Waals surface area contributed by atoms with E-state index in [0.717, 1.165) is 24.8 Å². The van der Waals surface area contributed by atoms with Crippen LogP contribution in [0.15, 0.2) is 40.6 Å². The number of esters is 1. The van der Waals surface area contributed by atoms with E-state index >= 15 is 0 Å². The third kappa shape index (κ3) is 2.81. The smallest absolute Gasteiger partial charge is 0.341 e. The van der Waals surface area contributed by atoms with Crippen LogP contribution in [0.2, 0.25) is 0 Å². The third-order valence-corrected chi connectivity index (χ3v) is 11.6. The number of nitrogens with zero attached hydrogens (tertiary/aromatic N) is 1. The number of ether oxygens (including phenoxy) is 1. The number of carbonyl (C=O) groups is 2. The standard InChI is InChI=1S/C28H35NO5S/c1-25-9-7-20(30)11-18(25)5-6-21-22-12-19-15-29(14-17-8-10-35-16-17)34-28(19,24(32)33-4)26(22,2)13-23(31)27(21,25)3/h7-11,16,19,21-23,31H,5-6,12-15H2,1-4H3. The van der Waals surface area contributed by atoms with Gasteiger partial charge in [-0.3, -0.25) is 9.63 Å². The molecule has 35 heavy (non-hydrogen) atoms. The molecule has 0 radical (unpaired) electrons. The van der Waals surface area contributed by atoms with Crippen molar-refractivity contribution in [3.63, 3.8) is 0 Å². The Kier molecular flexibility index (Phi) is 5.13. The predicted octanol–water partition coefficient (Wildman–Crippen LogP) is 4.30. The van der Waals surface area contributed by atoms with Crippen molar-refractivity contribution >= 4 is 23.1 Å². The minimum absolute atomic E-state index is 0.00589. The molecule has 1 saturated heterocycles. The van der Waals surface area contributed by atoms with Crippen LogP contribution in [0.25, 0.3) is 0 Å². The molecular formula is C28H35NO5S. The highest BCUT2D eigenvalue weighted by molar-refractivity contribution is 7.07. The lowest BCUT2D eigenvalue weighted by Crippen LogP contribution is -2.66. The first kappa shape index (κ1) is 23.6. The number of aliphatic hydroxyl groups is 1. The van der Waals surface area contributed by atoms with Crippen LogP contribution in [0.5, 0.6) is 0 Å². The monoisotopic (exact) mass is 497 g/mol. The lowest BCUT2D eigenvalue weighted by Gasteiger charge is -2.65. The summed E-state index contributed by atoms with van der Waals surface area (Å²) in [7, 11) is 1.45. The van der Waals surface area contributed by atoms with Gasteiger partial charge in [0.25, 0.3) is 0 Å². The van der Waals surface area contributed by atoms with Crippen LogP contribution in [-0.4, -0.2) is 47.3 Å². The maximum absolute atomic E-state index is 13.6. The molecule has 1 aliphatic heterocycles. The number of carbonyl (C=O) groups excluding carboxylic acids is 2. The Morgan fingerprint density at radius 1 is 1.31 bits per heavy atom. The summed E-state index contributed by atoms with van der Waals surface area (Å²) in [5.74, 6) is 0.145. The van der Waals surface area contributed by atoms with E-state index in [4.69, 9.17) is 9.57 Å². The van der Waals surface area contributed by atoms with Gasteiger partial charge in [0.05, 0.1) is 13.2 Å². The van der Waals surface area contributed by atoms with Crippen LogP contribution >= 0.6 is 11.3 Å². The van der Waals surface area contributed by atoms with E-state index < -0.39 is 22.5 Å². The number of fused-ring (bicyclic) bond motifs is 7. The first-order valence-electron chi connectivity index (χ1n) is 12.8. The minimum Gasteiger partial charge on any atom is -0.467 e. The fourth-order valence-electron chi connectivity index (χ4n) is 8.93. The summed E-state index contributed by atoms with van der Waals surface area (Å²) >= 11 is 1.65. The Morgan fingerprint density at radius 2 is 2.11 bits per heavy atom. The molecule has 0 aromatic carbocycles. The molecule has 1 aromatic heterocycles. The van der Waals surface area contributed by atoms with Crippen molar-refractivity contribution in [2.24, 2.45) is 34.0 Å². The molecule has 0 amide bonds. The van der Waals surface area contributed by atoms with Crippen molar-refractivity contribution in [1.29, 1.82) is 0 Å². The van der Waals surface area contributed by atoms with Crippen LogP contribution in [0.3, 0.4) is 0 Å². The van der Waals surface area contributed by atoms with E-state index in [1.54, 1.807) is 23.5 Å². The zero-order valence-electron chi connectivity index (χ0n) is 21.0. The van der Waals surface area contributed by atoms with Crippen molar-refractivity contribution in [2.45, 2.75) is 64.7 Å². The van der Waals surface area contributed by atoms with Crippen molar-refractivity contribution in [3.05, 3.63) is 46.2 Å². The Morgan fingerprint density at radius 3 is 2.83 bits per heavy atom. The molecule has 7 heteroatoms. The molecule has 6 nitrogen and oxygen atoms in total. The molecule has 1 aromatic rings. The maximum Gasteiger partial charge on any atom is 0.341 e. The van der Waals surface area contributed by atoms with E-state index in [-0.39, 0.29) is 34.9 Å². The predicted molar refractivity (Wildman–Crippen MR) is 132 cm³/mol. The van der Waals surface area contributed by atoms with Crippen molar-refractivity contribution in [3.8, 4) is 0 Å². The fourth-order valence-corrected chi connectivity index (χ4v) is 9.59. The van der Waals surface area contributed by atoms with Gasteiger partial charge >= 0.3 is 5.97 Å². The topological polar surface area (TPSA) is 76.1 Å². The number of hydrogen-bond donors (Lipinski definition) is 1. The highest BCUT2D eigenvalue weighted by Crippen LogP contribution is 2.74. The molecule has 8 atom stereocenters. The summed E-state index contributed by atoms with van der Waals surface area (Å²) in [6, 6.07) is 2.09. The summed E-state index contributed by atoms with van der Waals surface area (Å²) < 4.78 is 5.42. The Balaban J connectivity index is 1.40. The van der Waals surface area contributed by atoms with Gasteiger partial charge in [-0.15, -0.1) is 0 Å². The average Bonchev–Trinajstić information content (AvgIpc) is 3.51. The van der Waals surface area contributed by atoms with Gasteiger partial charge < -0.3 is 9.84 Å². The molecule has 8 unspecified atom stereocenters. The zero-order chi connectivity index (χ0) is 24.8. The van der Waals surface area contributed by atoms with Crippen molar-refractivity contribution in [2.75, 3.05) is 13.7 Å². The van der Waals surface area contributed by atoms with Gasteiger partial charge in [0.15, 0.2) is 11.4 Å². The summed E-state index contributed by atoms with van der Waals surface area (Å²) in [5.41, 5.74) is -0.155. The SMILES string of the molecule is COC(=O)C12ON(Cc3ccsc3)CC1CC1C3CCC4=CC(=O)C=CC4(C)C3(C)C(O)CC12C. The Labute approximate surface area is 210 Å². The molecule has 6 rings (SSSR count). The molecule has 4 aliphatic carbocycles. The van der Waals surface area contributed by atoms with Crippen LogP contribution in [0.4, 0.5) is 0 Å². The van der Waals surface area contributed by atoms with E-state index in [1.807, 2.05) is 11.1 Å². The van der Waals surface area contributed by atoms with E-state index in [2.05, 4.69) is 37.6 Å². The van der Waals surface area contributed by atoms with E-state index in [1.165, 1.54) is 12.7 Å². The zero-order valence-corrected chi connectivity index (χ0v) is 21.8. The lowest BCUT2D eigenvalue weighted by atomic mass is 9.40. The molecule has 1 N–H and O–H groups in total. The summed E-state index contributed by atoms with van der Waals surface area (Å²) in [6.07, 6.45) is 7.92. The second kappa shape index (κ2) is 7.60.